The van der Waals surface area contributed by atoms with Gasteiger partial charge >= 0.3 is 0 Å². The fourth-order valence-corrected chi connectivity index (χ4v) is 2.78. The molecule has 24 heavy (non-hydrogen) atoms. The monoisotopic (exact) mass is 320 g/mol. The molecule has 3 rings (SSSR count). The maximum absolute atomic E-state index is 4.45. The number of anilines is 2. The first-order valence-corrected chi connectivity index (χ1v) is 8.49. The Morgan fingerprint density at radius 2 is 1.71 bits per heavy atom. The van der Waals surface area contributed by atoms with Crippen molar-refractivity contribution in [2.24, 2.45) is 0 Å². The molecule has 2 aromatic carbocycles. The van der Waals surface area contributed by atoms with Crippen LogP contribution < -0.4 is 5.32 Å². The van der Waals surface area contributed by atoms with E-state index in [0.29, 0.717) is 0 Å². The maximum atomic E-state index is 4.45. The van der Waals surface area contributed by atoms with E-state index < -0.39 is 0 Å². The first kappa shape index (κ1) is 16.4. The number of aryl methyl sites for hydroxylation is 1. The van der Waals surface area contributed by atoms with Gasteiger partial charge in [-0.2, -0.15) is 0 Å². The van der Waals surface area contributed by atoms with Gasteiger partial charge in [-0.3, -0.25) is 4.90 Å². The van der Waals surface area contributed by atoms with Gasteiger partial charge in [-0.25, -0.2) is 9.97 Å². The summed E-state index contributed by atoms with van der Waals surface area (Å²) in [5.41, 5.74) is 4.54. The van der Waals surface area contributed by atoms with Crippen LogP contribution in [0.15, 0.2) is 48.8 Å². The molecule has 0 atom stereocenters. The van der Waals surface area contributed by atoms with Crippen molar-refractivity contribution >= 4 is 22.4 Å². The zero-order chi connectivity index (χ0) is 16.9. The van der Waals surface area contributed by atoms with Crippen molar-refractivity contribution < 1.29 is 0 Å². The molecular weight excluding hydrogens is 296 g/mol. The Bertz CT molecular complexity index is 807. The SMILES string of the molecule is CCN(CC)Cc1ccc2c(Nc3ccc(C)cc3)ncnc2c1. The molecule has 0 spiro atoms. The number of benzene rings is 2. The highest BCUT2D eigenvalue weighted by molar-refractivity contribution is 5.90. The van der Waals surface area contributed by atoms with Crippen LogP contribution in [-0.4, -0.2) is 28.0 Å². The third-order valence-electron chi connectivity index (χ3n) is 4.32. The lowest BCUT2D eigenvalue weighted by atomic mass is 10.1. The van der Waals surface area contributed by atoms with Gasteiger partial charge in [0.15, 0.2) is 0 Å². The molecule has 0 saturated heterocycles. The Morgan fingerprint density at radius 3 is 2.42 bits per heavy atom. The average Bonchev–Trinajstić information content (AvgIpc) is 2.61. The number of aromatic nitrogens is 2. The summed E-state index contributed by atoms with van der Waals surface area (Å²) in [6.45, 7) is 9.53. The Kier molecular flexibility index (Phi) is 5.06. The van der Waals surface area contributed by atoms with Gasteiger partial charge in [-0.1, -0.05) is 37.6 Å². The van der Waals surface area contributed by atoms with Crippen molar-refractivity contribution in [1.29, 1.82) is 0 Å². The minimum atomic E-state index is 0.846. The highest BCUT2D eigenvalue weighted by Gasteiger charge is 2.07. The molecule has 0 amide bonds. The third kappa shape index (κ3) is 3.71. The van der Waals surface area contributed by atoms with Crippen molar-refractivity contribution in [3.05, 3.63) is 59.9 Å². The lowest BCUT2D eigenvalue weighted by Crippen LogP contribution is -2.22. The fourth-order valence-electron chi connectivity index (χ4n) is 2.78. The zero-order valence-electron chi connectivity index (χ0n) is 14.6. The molecule has 1 heterocycles. The van der Waals surface area contributed by atoms with Crippen LogP contribution in [0.3, 0.4) is 0 Å². The number of rotatable bonds is 6. The van der Waals surface area contributed by atoms with E-state index in [1.807, 2.05) is 0 Å². The fraction of sp³-hybridized carbons (Fsp3) is 0.300. The molecule has 0 saturated carbocycles. The predicted molar refractivity (Wildman–Crippen MR) is 101 cm³/mol. The number of hydrogen-bond donors (Lipinski definition) is 1. The number of hydrogen-bond acceptors (Lipinski definition) is 4. The summed E-state index contributed by atoms with van der Waals surface area (Å²) in [6.07, 6.45) is 1.63. The van der Waals surface area contributed by atoms with Crippen LogP contribution in [0.5, 0.6) is 0 Å². The van der Waals surface area contributed by atoms with Crippen molar-refractivity contribution in [3.8, 4) is 0 Å². The quantitative estimate of drug-likeness (QED) is 0.725. The lowest BCUT2D eigenvalue weighted by Gasteiger charge is -2.18. The summed E-state index contributed by atoms with van der Waals surface area (Å²) < 4.78 is 0. The number of nitrogens with zero attached hydrogens (tertiary/aromatic N) is 3. The average molecular weight is 320 g/mol. The summed E-state index contributed by atoms with van der Waals surface area (Å²) in [4.78, 5) is 11.3. The van der Waals surface area contributed by atoms with Crippen LogP contribution in [0.25, 0.3) is 10.9 Å². The highest BCUT2D eigenvalue weighted by Crippen LogP contribution is 2.24. The standard InChI is InChI=1S/C20H24N4/c1-4-24(5-2)13-16-8-11-18-19(12-16)21-14-22-20(18)23-17-9-6-15(3)7-10-17/h6-12,14H,4-5,13H2,1-3H3,(H,21,22,23). The van der Waals surface area contributed by atoms with E-state index in [-0.39, 0.29) is 0 Å². The number of fused-ring (bicyclic) bond motifs is 1. The molecule has 3 aromatic rings. The number of nitrogens with one attached hydrogen (secondary N) is 1. The zero-order valence-corrected chi connectivity index (χ0v) is 14.6. The largest absolute Gasteiger partial charge is 0.340 e. The minimum absolute atomic E-state index is 0.846. The maximum Gasteiger partial charge on any atom is 0.141 e. The van der Waals surface area contributed by atoms with E-state index in [0.717, 1.165) is 42.0 Å². The summed E-state index contributed by atoms with van der Waals surface area (Å²) >= 11 is 0. The van der Waals surface area contributed by atoms with E-state index >= 15 is 0 Å². The summed E-state index contributed by atoms with van der Waals surface area (Å²) in [6, 6.07) is 14.8. The Morgan fingerprint density at radius 1 is 0.958 bits per heavy atom. The van der Waals surface area contributed by atoms with E-state index in [9.17, 15) is 0 Å². The summed E-state index contributed by atoms with van der Waals surface area (Å²) in [7, 11) is 0. The molecule has 124 valence electrons. The second-order valence-corrected chi connectivity index (χ2v) is 6.03. The third-order valence-corrected chi connectivity index (χ3v) is 4.32. The molecule has 1 aromatic heterocycles. The molecule has 4 nitrogen and oxygen atoms in total. The van der Waals surface area contributed by atoms with Crippen molar-refractivity contribution in [3.63, 3.8) is 0 Å². The molecule has 0 aliphatic rings. The van der Waals surface area contributed by atoms with Crippen LogP contribution in [0.1, 0.15) is 25.0 Å². The summed E-state index contributed by atoms with van der Waals surface area (Å²) in [5.74, 6) is 0.846. The smallest absolute Gasteiger partial charge is 0.141 e. The van der Waals surface area contributed by atoms with Crippen LogP contribution in [0, 0.1) is 6.92 Å². The van der Waals surface area contributed by atoms with Gasteiger partial charge in [0.1, 0.15) is 12.1 Å². The van der Waals surface area contributed by atoms with Crippen molar-refractivity contribution in [2.75, 3.05) is 18.4 Å². The van der Waals surface area contributed by atoms with Crippen molar-refractivity contribution in [2.45, 2.75) is 27.3 Å². The first-order chi connectivity index (χ1) is 11.7. The highest BCUT2D eigenvalue weighted by atomic mass is 15.1. The van der Waals surface area contributed by atoms with Gasteiger partial charge in [-0.05, 0) is 49.8 Å². The van der Waals surface area contributed by atoms with Crippen LogP contribution in [0.4, 0.5) is 11.5 Å². The van der Waals surface area contributed by atoms with Gasteiger partial charge in [0, 0.05) is 17.6 Å². The molecule has 0 radical (unpaired) electrons. The second kappa shape index (κ2) is 7.41. The van der Waals surface area contributed by atoms with Gasteiger partial charge in [0.2, 0.25) is 0 Å². The topological polar surface area (TPSA) is 41.0 Å². The minimum Gasteiger partial charge on any atom is -0.340 e. The van der Waals surface area contributed by atoms with Crippen molar-refractivity contribution in [1.82, 2.24) is 14.9 Å². The van der Waals surface area contributed by atoms with Gasteiger partial charge in [-0.15, -0.1) is 0 Å². The molecular formula is C20H24N4. The summed E-state index contributed by atoms with van der Waals surface area (Å²) in [5, 5.41) is 4.44. The molecule has 0 fully saturated rings. The Hall–Kier alpha value is -2.46. The molecule has 0 aliphatic heterocycles. The molecule has 1 N–H and O–H groups in total. The Balaban J connectivity index is 1.88. The van der Waals surface area contributed by atoms with Crippen LogP contribution in [0.2, 0.25) is 0 Å². The lowest BCUT2D eigenvalue weighted by molar-refractivity contribution is 0.296. The predicted octanol–water partition coefficient (Wildman–Crippen LogP) is 4.52. The van der Waals surface area contributed by atoms with Gasteiger partial charge < -0.3 is 5.32 Å². The van der Waals surface area contributed by atoms with E-state index in [1.54, 1.807) is 6.33 Å². The molecule has 4 heteroatoms. The molecule has 0 bridgehead atoms. The molecule has 0 unspecified atom stereocenters. The van der Waals surface area contributed by atoms with E-state index in [1.165, 1.54) is 11.1 Å². The first-order valence-electron chi connectivity index (χ1n) is 8.49. The Labute approximate surface area is 143 Å². The van der Waals surface area contributed by atoms with E-state index in [2.05, 4.69) is 83.4 Å². The van der Waals surface area contributed by atoms with E-state index in [4.69, 9.17) is 0 Å². The van der Waals surface area contributed by atoms with Crippen LogP contribution in [-0.2, 0) is 6.54 Å². The molecule has 0 aliphatic carbocycles. The van der Waals surface area contributed by atoms with Gasteiger partial charge in [0.25, 0.3) is 0 Å². The van der Waals surface area contributed by atoms with Crippen LogP contribution >= 0.6 is 0 Å². The normalized spacial score (nSPS) is 11.2. The van der Waals surface area contributed by atoms with Gasteiger partial charge in [0.05, 0.1) is 5.52 Å². The second-order valence-electron chi connectivity index (χ2n) is 6.03.